The molecule has 3 aromatic rings. The van der Waals surface area contributed by atoms with E-state index in [0.29, 0.717) is 49.5 Å². The third-order valence-electron chi connectivity index (χ3n) is 5.59. The minimum absolute atomic E-state index is 0.0382. The van der Waals surface area contributed by atoms with E-state index in [9.17, 15) is 13.6 Å². The Hall–Kier alpha value is -3.06. The lowest BCUT2D eigenvalue weighted by Gasteiger charge is -2.34. The van der Waals surface area contributed by atoms with Crippen molar-refractivity contribution in [1.82, 2.24) is 19.6 Å². The topological polar surface area (TPSA) is 41.4 Å². The Morgan fingerprint density at radius 2 is 1.67 bits per heavy atom. The van der Waals surface area contributed by atoms with Crippen LogP contribution in [0.3, 0.4) is 0 Å². The molecule has 5 nitrogen and oxygen atoms in total. The number of benzene rings is 2. The van der Waals surface area contributed by atoms with E-state index < -0.39 is 11.6 Å². The molecule has 1 aliphatic rings. The van der Waals surface area contributed by atoms with E-state index in [1.807, 2.05) is 54.0 Å². The van der Waals surface area contributed by atoms with Crippen molar-refractivity contribution in [2.75, 3.05) is 26.2 Å². The average molecular weight is 410 g/mol. The fourth-order valence-electron chi connectivity index (χ4n) is 3.95. The van der Waals surface area contributed by atoms with Gasteiger partial charge in [-0.1, -0.05) is 30.3 Å². The first kappa shape index (κ1) is 20.2. The maximum atomic E-state index is 13.9. The van der Waals surface area contributed by atoms with Crippen molar-refractivity contribution in [2.45, 2.75) is 20.4 Å². The second kappa shape index (κ2) is 8.36. The predicted molar refractivity (Wildman–Crippen MR) is 111 cm³/mol. The van der Waals surface area contributed by atoms with Crippen LogP contribution in [0.4, 0.5) is 8.78 Å². The van der Waals surface area contributed by atoms with Gasteiger partial charge in [0.25, 0.3) is 5.91 Å². The van der Waals surface area contributed by atoms with Gasteiger partial charge in [0.1, 0.15) is 0 Å². The zero-order valence-corrected chi connectivity index (χ0v) is 17.1. The minimum Gasteiger partial charge on any atom is -0.336 e. The fourth-order valence-corrected chi connectivity index (χ4v) is 3.95. The van der Waals surface area contributed by atoms with Crippen molar-refractivity contribution in [2.24, 2.45) is 0 Å². The number of nitrogens with zero attached hydrogens (tertiary/aromatic N) is 4. The summed E-state index contributed by atoms with van der Waals surface area (Å²) in [5, 5.41) is 4.57. The van der Waals surface area contributed by atoms with Crippen LogP contribution in [0.25, 0.3) is 5.69 Å². The molecule has 1 amide bonds. The summed E-state index contributed by atoms with van der Waals surface area (Å²) < 4.78 is 29.2. The summed E-state index contributed by atoms with van der Waals surface area (Å²) >= 11 is 0. The van der Waals surface area contributed by atoms with Crippen LogP contribution in [0, 0.1) is 25.5 Å². The maximum absolute atomic E-state index is 13.9. The van der Waals surface area contributed by atoms with Crippen LogP contribution in [0.1, 0.15) is 27.3 Å². The van der Waals surface area contributed by atoms with Gasteiger partial charge in [0, 0.05) is 38.3 Å². The number of hydrogen-bond acceptors (Lipinski definition) is 3. The highest BCUT2D eigenvalue weighted by Gasteiger charge is 2.27. The van der Waals surface area contributed by atoms with Crippen LogP contribution >= 0.6 is 0 Å². The van der Waals surface area contributed by atoms with Gasteiger partial charge in [-0.3, -0.25) is 9.69 Å². The fraction of sp³-hybridized carbons (Fsp3) is 0.304. The third-order valence-corrected chi connectivity index (χ3v) is 5.59. The number of aromatic nitrogens is 2. The monoisotopic (exact) mass is 410 g/mol. The summed E-state index contributed by atoms with van der Waals surface area (Å²) in [6.45, 7) is 6.36. The number of carbonyl (C=O) groups is 1. The highest BCUT2D eigenvalue weighted by Crippen LogP contribution is 2.21. The smallest absolute Gasteiger partial charge is 0.257 e. The number of piperazine rings is 1. The lowest BCUT2D eigenvalue weighted by atomic mass is 10.1. The number of para-hydroxylation sites is 1. The molecule has 0 N–H and O–H groups in total. The Bertz CT molecular complexity index is 1060. The summed E-state index contributed by atoms with van der Waals surface area (Å²) in [5.74, 6) is -1.66. The molecule has 0 radical (unpaired) electrons. The summed E-state index contributed by atoms with van der Waals surface area (Å²) in [6, 6.07) is 14.0. The van der Waals surface area contributed by atoms with E-state index in [-0.39, 0.29) is 5.91 Å². The number of halogens is 2. The molecule has 1 saturated heterocycles. The molecule has 0 unspecified atom stereocenters. The molecular weight excluding hydrogens is 386 g/mol. The Kier molecular flexibility index (Phi) is 5.63. The molecule has 0 aliphatic carbocycles. The quantitative estimate of drug-likeness (QED) is 0.658. The van der Waals surface area contributed by atoms with E-state index in [2.05, 4.69) is 5.10 Å². The molecule has 1 aliphatic heterocycles. The minimum atomic E-state index is -0.831. The molecule has 2 aromatic carbocycles. The Morgan fingerprint density at radius 1 is 0.967 bits per heavy atom. The number of carbonyl (C=O) groups excluding carboxylic acids is 1. The molecule has 4 rings (SSSR count). The van der Waals surface area contributed by atoms with Crippen LogP contribution in [0.2, 0.25) is 0 Å². The molecule has 7 heteroatoms. The molecule has 2 heterocycles. The van der Waals surface area contributed by atoms with Gasteiger partial charge >= 0.3 is 0 Å². The van der Waals surface area contributed by atoms with Crippen LogP contribution in [-0.4, -0.2) is 51.7 Å². The lowest BCUT2D eigenvalue weighted by molar-refractivity contribution is 0.0625. The van der Waals surface area contributed by atoms with Gasteiger partial charge < -0.3 is 4.90 Å². The second-order valence-corrected chi connectivity index (χ2v) is 7.57. The Labute approximate surface area is 174 Å². The number of hydrogen-bond donors (Lipinski definition) is 0. The molecule has 30 heavy (non-hydrogen) atoms. The number of aryl methyl sites for hydroxylation is 1. The first-order valence-corrected chi connectivity index (χ1v) is 10.0. The summed E-state index contributed by atoms with van der Waals surface area (Å²) in [5.41, 5.74) is 3.40. The molecular formula is C23H24F2N4O. The average Bonchev–Trinajstić information content (AvgIpc) is 3.06. The van der Waals surface area contributed by atoms with Crippen LogP contribution < -0.4 is 0 Å². The van der Waals surface area contributed by atoms with Crippen LogP contribution in [-0.2, 0) is 6.54 Å². The van der Waals surface area contributed by atoms with E-state index in [1.165, 1.54) is 6.07 Å². The summed E-state index contributed by atoms with van der Waals surface area (Å²) in [7, 11) is 0. The summed E-state index contributed by atoms with van der Waals surface area (Å²) in [6.07, 6.45) is 0. The number of amides is 1. The van der Waals surface area contributed by atoms with Crippen molar-refractivity contribution in [1.29, 1.82) is 0 Å². The van der Waals surface area contributed by atoms with Crippen molar-refractivity contribution in [3.63, 3.8) is 0 Å². The molecule has 0 bridgehead atoms. The van der Waals surface area contributed by atoms with E-state index >= 15 is 0 Å². The first-order chi connectivity index (χ1) is 14.5. The van der Waals surface area contributed by atoms with Gasteiger partial charge in [-0.05, 0) is 32.0 Å². The molecule has 156 valence electrons. The van der Waals surface area contributed by atoms with E-state index in [0.717, 1.165) is 17.4 Å². The zero-order valence-electron chi connectivity index (χ0n) is 17.1. The highest BCUT2D eigenvalue weighted by atomic mass is 19.2. The second-order valence-electron chi connectivity index (χ2n) is 7.57. The SMILES string of the molecule is Cc1nn(-c2ccccc2)c(C)c1C(=O)N1CCN(Cc2cccc(F)c2F)CC1. The zero-order chi connectivity index (χ0) is 21.3. The van der Waals surface area contributed by atoms with Gasteiger partial charge in [-0.2, -0.15) is 5.10 Å². The van der Waals surface area contributed by atoms with E-state index in [1.54, 1.807) is 10.7 Å². The van der Waals surface area contributed by atoms with Crippen molar-refractivity contribution < 1.29 is 13.6 Å². The molecule has 0 saturated carbocycles. The van der Waals surface area contributed by atoms with Gasteiger partial charge in [-0.15, -0.1) is 0 Å². The first-order valence-electron chi connectivity index (χ1n) is 10.0. The van der Waals surface area contributed by atoms with Crippen LogP contribution in [0.5, 0.6) is 0 Å². The maximum Gasteiger partial charge on any atom is 0.257 e. The van der Waals surface area contributed by atoms with Gasteiger partial charge in [0.15, 0.2) is 11.6 Å². The predicted octanol–water partition coefficient (Wildman–Crippen LogP) is 3.73. The van der Waals surface area contributed by atoms with E-state index in [4.69, 9.17) is 0 Å². The standard InChI is InChI=1S/C23H24F2N4O/c1-16-21(17(2)29(26-16)19-8-4-3-5-9-19)23(30)28-13-11-27(12-14-28)15-18-7-6-10-20(24)22(18)25/h3-10H,11-15H2,1-2H3. The Morgan fingerprint density at radius 3 is 2.37 bits per heavy atom. The molecule has 0 spiro atoms. The molecule has 1 fully saturated rings. The van der Waals surface area contributed by atoms with Gasteiger partial charge in [0.2, 0.25) is 0 Å². The van der Waals surface area contributed by atoms with Crippen molar-refractivity contribution in [3.8, 4) is 5.69 Å². The van der Waals surface area contributed by atoms with Gasteiger partial charge in [0.05, 0.1) is 22.6 Å². The highest BCUT2D eigenvalue weighted by molar-refractivity contribution is 5.96. The number of rotatable bonds is 4. The van der Waals surface area contributed by atoms with Crippen molar-refractivity contribution >= 4 is 5.91 Å². The largest absolute Gasteiger partial charge is 0.336 e. The third kappa shape index (κ3) is 3.85. The van der Waals surface area contributed by atoms with Gasteiger partial charge in [-0.25, -0.2) is 13.5 Å². The summed E-state index contributed by atoms with van der Waals surface area (Å²) in [4.78, 5) is 17.0. The Balaban J connectivity index is 1.45. The lowest BCUT2D eigenvalue weighted by Crippen LogP contribution is -2.48. The molecule has 1 aromatic heterocycles. The normalized spacial score (nSPS) is 14.9. The van der Waals surface area contributed by atoms with Crippen LogP contribution in [0.15, 0.2) is 48.5 Å². The molecule has 0 atom stereocenters. The van der Waals surface area contributed by atoms with Crippen molar-refractivity contribution in [3.05, 3.63) is 82.7 Å².